The molecule has 0 fully saturated rings. The normalized spacial score (nSPS) is 10.9. The lowest BCUT2D eigenvalue weighted by atomic mass is 10.2. The van der Waals surface area contributed by atoms with Gasteiger partial charge in [-0.25, -0.2) is 8.78 Å². The van der Waals surface area contributed by atoms with Gasteiger partial charge < -0.3 is 0 Å². The van der Waals surface area contributed by atoms with Crippen LogP contribution in [-0.4, -0.2) is 5.33 Å². The molecule has 64 valence electrons. The van der Waals surface area contributed by atoms with Crippen LogP contribution in [0.4, 0.5) is 8.78 Å². The van der Waals surface area contributed by atoms with E-state index in [1.54, 1.807) is 6.08 Å². The topological polar surface area (TPSA) is 0 Å². The molecule has 0 aliphatic heterocycles. The second-order valence-electron chi connectivity index (χ2n) is 2.23. The molecule has 0 spiro atoms. The molecule has 12 heavy (non-hydrogen) atoms. The van der Waals surface area contributed by atoms with Gasteiger partial charge >= 0.3 is 0 Å². The van der Waals surface area contributed by atoms with Crippen LogP contribution in [0.2, 0.25) is 0 Å². The van der Waals surface area contributed by atoms with Crippen molar-refractivity contribution in [3.05, 3.63) is 41.5 Å². The second kappa shape index (κ2) is 4.36. The molecule has 0 aliphatic rings. The molecule has 0 saturated heterocycles. The van der Waals surface area contributed by atoms with Gasteiger partial charge in [0.2, 0.25) is 0 Å². The molecular weight excluding hydrogens is 226 g/mol. The summed E-state index contributed by atoms with van der Waals surface area (Å²) in [7, 11) is 0. The first-order valence-electron chi connectivity index (χ1n) is 3.41. The standard InChI is InChI=1S/C9H7BrF2/c10-5-1-2-7-3-4-8(11)9(12)6-7/h1-4,6H,5H2. The molecule has 0 N–H and O–H groups in total. The van der Waals surface area contributed by atoms with E-state index in [2.05, 4.69) is 15.9 Å². The molecule has 0 heterocycles. The number of hydrogen-bond donors (Lipinski definition) is 0. The van der Waals surface area contributed by atoms with E-state index >= 15 is 0 Å². The first kappa shape index (κ1) is 9.39. The summed E-state index contributed by atoms with van der Waals surface area (Å²) >= 11 is 3.19. The van der Waals surface area contributed by atoms with Crippen molar-refractivity contribution in [2.45, 2.75) is 0 Å². The molecule has 0 unspecified atom stereocenters. The number of halogens is 3. The fourth-order valence-electron chi connectivity index (χ4n) is 0.797. The number of allylic oxidation sites excluding steroid dienone is 1. The smallest absolute Gasteiger partial charge is 0.159 e. The zero-order valence-electron chi connectivity index (χ0n) is 6.23. The highest BCUT2D eigenvalue weighted by molar-refractivity contribution is 9.09. The minimum atomic E-state index is -0.814. The van der Waals surface area contributed by atoms with Crippen molar-refractivity contribution in [3.63, 3.8) is 0 Å². The molecule has 0 amide bonds. The number of hydrogen-bond acceptors (Lipinski definition) is 0. The Morgan fingerprint density at radius 3 is 2.58 bits per heavy atom. The zero-order valence-corrected chi connectivity index (χ0v) is 7.81. The minimum absolute atomic E-state index is 0.661. The summed E-state index contributed by atoms with van der Waals surface area (Å²) in [6.07, 6.45) is 3.53. The van der Waals surface area contributed by atoms with Gasteiger partial charge in [0.25, 0.3) is 0 Å². The molecular formula is C9H7BrF2. The van der Waals surface area contributed by atoms with E-state index in [0.29, 0.717) is 10.9 Å². The van der Waals surface area contributed by atoms with Gasteiger partial charge in [0.15, 0.2) is 11.6 Å². The van der Waals surface area contributed by atoms with Crippen LogP contribution in [-0.2, 0) is 0 Å². The van der Waals surface area contributed by atoms with Crippen LogP contribution in [0.25, 0.3) is 6.08 Å². The predicted octanol–water partition coefficient (Wildman–Crippen LogP) is 3.37. The summed E-state index contributed by atoms with van der Waals surface area (Å²) in [5, 5.41) is 0.700. The van der Waals surface area contributed by atoms with Gasteiger partial charge in [-0.05, 0) is 17.7 Å². The SMILES string of the molecule is Fc1ccc(C=CCBr)cc1F. The van der Waals surface area contributed by atoms with Crippen LogP contribution in [0.5, 0.6) is 0 Å². The van der Waals surface area contributed by atoms with Gasteiger partial charge in [0, 0.05) is 5.33 Å². The van der Waals surface area contributed by atoms with Gasteiger partial charge in [-0.3, -0.25) is 0 Å². The highest BCUT2D eigenvalue weighted by atomic mass is 79.9. The second-order valence-corrected chi connectivity index (χ2v) is 2.88. The predicted molar refractivity (Wildman–Crippen MR) is 49.2 cm³/mol. The summed E-state index contributed by atoms with van der Waals surface area (Å²) in [5.74, 6) is -1.63. The third kappa shape index (κ3) is 2.41. The Hall–Kier alpha value is -0.700. The van der Waals surface area contributed by atoms with Crippen molar-refractivity contribution in [1.29, 1.82) is 0 Å². The van der Waals surface area contributed by atoms with Crippen molar-refractivity contribution in [3.8, 4) is 0 Å². The van der Waals surface area contributed by atoms with Crippen molar-refractivity contribution in [2.75, 3.05) is 5.33 Å². The minimum Gasteiger partial charge on any atom is -0.204 e. The van der Waals surface area contributed by atoms with E-state index in [1.165, 1.54) is 6.07 Å². The Bertz CT molecular complexity index is 295. The van der Waals surface area contributed by atoms with Crippen LogP contribution >= 0.6 is 15.9 Å². The fraction of sp³-hybridized carbons (Fsp3) is 0.111. The van der Waals surface area contributed by atoms with E-state index in [1.807, 2.05) is 6.08 Å². The zero-order chi connectivity index (χ0) is 8.97. The highest BCUT2D eigenvalue weighted by Crippen LogP contribution is 2.09. The van der Waals surface area contributed by atoms with Crippen LogP contribution in [0.1, 0.15) is 5.56 Å². The van der Waals surface area contributed by atoms with Gasteiger partial charge in [0.05, 0.1) is 0 Å². The third-order valence-electron chi connectivity index (χ3n) is 1.34. The van der Waals surface area contributed by atoms with Crippen LogP contribution in [0.3, 0.4) is 0 Å². The molecule has 0 radical (unpaired) electrons. The van der Waals surface area contributed by atoms with E-state index < -0.39 is 11.6 Å². The monoisotopic (exact) mass is 232 g/mol. The van der Waals surface area contributed by atoms with Crippen LogP contribution in [0, 0.1) is 11.6 Å². The average molecular weight is 233 g/mol. The molecule has 1 aromatic carbocycles. The number of alkyl halides is 1. The Morgan fingerprint density at radius 2 is 2.00 bits per heavy atom. The van der Waals surface area contributed by atoms with Gasteiger partial charge in [0.1, 0.15) is 0 Å². The van der Waals surface area contributed by atoms with Crippen molar-refractivity contribution in [2.24, 2.45) is 0 Å². The Balaban J connectivity index is 2.89. The molecule has 0 saturated carbocycles. The first-order valence-corrected chi connectivity index (χ1v) is 4.53. The summed E-state index contributed by atoms with van der Waals surface area (Å²) in [5.41, 5.74) is 0.661. The van der Waals surface area contributed by atoms with E-state index in [0.717, 1.165) is 12.1 Å². The highest BCUT2D eigenvalue weighted by Gasteiger charge is 1.99. The molecule has 0 aromatic heterocycles. The van der Waals surface area contributed by atoms with E-state index in [4.69, 9.17) is 0 Å². The van der Waals surface area contributed by atoms with Crippen molar-refractivity contribution in [1.82, 2.24) is 0 Å². The lowest BCUT2D eigenvalue weighted by molar-refractivity contribution is 0.508. The van der Waals surface area contributed by atoms with Crippen LogP contribution in [0.15, 0.2) is 24.3 Å². The maximum Gasteiger partial charge on any atom is 0.159 e. The number of benzene rings is 1. The van der Waals surface area contributed by atoms with Crippen molar-refractivity contribution >= 4 is 22.0 Å². The molecule has 0 nitrogen and oxygen atoms in total. The van der Waals surface area contributed by atoms with Gasteiger partial charge in [-0.2, -0.15) is 0 Å². The molecule has 1 aromatic rings. The summed E-state index contributed by atoms with van der Waals surface area (Å²) in [6, 6.07) is 3.80. The fourth-order valence-corrected chi connectivity index (χ4v) is 0.984. The van der Waals surface area contributed by atoms with E-state index in [-0.39, 0.29) is 0 Å². The lowest BCUT2D eigenvalue weighted by Gasteiger charge is -1.94. The number of rotatable bonds is 2. The molecule has 0 atom stereocenters. The Kier molecular flexibility index (Phi) is 3.41. The van der Waals surface area contributed by atoms with E-state index in [9.17, 15) is 8.78 Å². The van der Waals surface area contributed by atoms with Crippen LogP contribution < -0.4 is 0 Å². The van der Waals surface area contributed by atoms with Gasteiger partial charge in [-0.1, -0.05) is 34.1 Å². The van der Waals surface area contributed by atoms with Crippen molar-refractivity contribution < 1.29 is 8.78 Å². The average Bonchev–Trinajstić information content (AvgIpc) is 2.07. The quantitative estimate of drug-likeness (QED) is 0.687. The maximum atomic E-state index is 12.6. The molecule has 0 bridgehead atoms. The first-order chi connectivity index (χ1) is 5.74. The molecule has 1 rings (SSSR count). The largest absolute Gasteiger partial charge is 0.204 e. The summed E-state index contributed by atoms with van der Waals surface area (Å²) in [6.45, 7) is 0. The Labute approximate surface area is 78.0 Å². The molecule has 3 heteroatoms. The third-order valence-corrected chi connectivity index (χ3v) is 1.72. The maximum absolute atomic E-state index is 12.6. The summed E-state index contributed by atoms with van der Waals surface area (Å²) in [4.78, 5) is 0. The lowest BCUT2D eigenvalue weighted by Crippen LogP contribution is -1.83. The summed E-state index contributed by atoms with van der Waals surface area (Å²) < 4.78 is 25.0. The Morgan fingerprint density at radius 1 is 1.25 bits per heavy atom. The van der Waals surface area contributed by atoms with Gasteiger partial charge in [-0.15, -0.1) is 0 Å². The molecule has 0 aliphatic carbocycles.